The monoisotopic (exact) mass is 331 g/mol. The van der Waals surface area contributed by atoms with Crippen molar-refractivity contribution in [3.63, 3.8) is 0 Å². The fourth-order valence-electron chi connectivity index (χ4n) is 2.25. The molecule has 23 heavy (non-hydrogen) atoms. The van der Waals surface area contributed by atoms with Gasteiger partial charge in [-0.1, -0.05) is 60.1 Å². The van der Waals surface area contributed by atoms with E-state index in [2.05, 4.69) is 5.32 Å². The first-order valence-electron chi connectivity index (χ1n) is 7.24. The molecule has 120 valence electrons. The number of carbonyl (C=O) groups is 2. The molecule has 0 aliphatic carbocycles. The van der Waals surface area contributed by atoms with Gasteiger partial charge in [0.25, 0.3) is 0 Å². The number of benzene rings is 2. The van der Waals surface area contributed by atoms with Gasteiger partial charge < -0.3 is 10.1 Å². The van der Waals surface area contributed by atoms with Crippen LogP contribution in [-0.4, -0.2) is 25.0 Å². The molecule has 1 atom stereocenters. The zero-order chi connectivity index (χ0) is 16.7. The number of esters is 1. The third-order valence-electron chi connectivity index (χ3n) is 3.41. The van der Waals surface area contributed by atoms with E-state index < -0.39 is 12.0 Å². The lowest BCUT2D eigenvalue weighted by atomic mass is 10.1. The van der Waals surface area contributed by atoms with E-state index in [0.717, 1.165) is 11.1 Å². The predicted octanol–water partition coefficient (Wildman–Crippen LogP) is 2.78. The third-order valence-corrected chi connectivity index (χ3v) is 3.78. The molecule has 0 saturated heterocycles. The molecule has 0 aromatic heterocycles. The van der Waals surface area contributed by atoms with Gasteiger partial charge in [0.1, 0.15) is 6.04 Å². The molecular weight excluding hydrogens is 314 g/mol. The summed E-state index contributed by atoms with van der Waals surface area (Å²) in [7, 11) is 1.30. The van der Waals surface area contributed by atoms with E-state index in [9.17, 15) is 9.59 Å². The summed E-state index contributed by atoms with van der Waals surface area (Å²) in [6.45, 7) is 0. The van der Waals surface area contributed by atoms with Crippen molar-refractivity contribution in [2.75, 3.05) is 7.11 Å². The van der Waals surface area contributed by atoms with Crippen LogP contribution in [0.4, 0.5) is 0 Å². The van der Waals surface area contributed by atoms with Gasteiger partial charge in [-0.05, 0) is 17.2 Å². The number of rotatable bonds is 6. The smallest absolute Gasteiger partial charge is 0.328 e. The van der Waals surface area contributed by atoms with E-state index in [1.807, 2.05) is 48.5 Å². The number of methoxy groups -OCH3 is 1. The summed E-state index contributed by atoms with van der Waals surface area (Å²) < 4.78 is 4.78. The Kier molecular flexibility index (Phi) is 6.18. The van der Waals surface area contributed by atoms with Gasteiger partial charge in [0.15, 0.2) is 0 Å². The maximum Gasteiger partial charge on any atom is 0.328 e. The van der Waals surface area contributed by atoms with Gasteiger partial charge in [-0.2, -0.15) is 0 Å². The highest BCUT2D eigenvalue weighted by atomic mass is 35.5. The first-order valence-corrected chi connectivity index (χ1v) is 7.62. The van der Waals surface area contributed by atoms with Crippen LogP contribution in [0, 0.1) is 0 Å². The van der Waals surface area contributed by atoms with Crippen molar-refractivity contribution in [1.82, 2.24) is 5.32 Å². The number of nitrogens with one attached hydrogen (secondary N) is 1. The molecule has 0 saturated carbocycles. The number of amides is 1. The van der Waals surface area contributed by atoms with Crippen LogP contribution in [0.15, 0.2) is 54.6 Å². The highest BCUT2D eigenvalue weighted by Gasteiger charge is 2.22. The summed E-state index contributed by atoms with van der Waals surface area (Å²) in [5.74, 6) is -0.731. The van der Waals surface area contributed by atoms with E-state index in [4.69, 9.17) is 16.3 Å². The van der Waals surface area contributed by atoms with E-state index in [1.165, 1.54) is 7.11 Å². The molecule has 0 radical (unpaired) electrons. The lowest BCUT2D eigenvalue weighted by Gasteiger charge is -2.17. The molecule has 0 spiro atoms. The van der Waals surface area contributed by atoms with Crippen molar-refractivity contribution in [3.8, 4) is 0 Å². The Morgan fingerprint density at radius 2 is 1.74 bits per heavy atom. The average Bonchev–Trinajstić information content (AvgIpc) is 2.56. The Morgan fingerprint density at radius 3 is 2.39 bits per heavy atom. The topological polar surface area (TPSA) is 55.4 Å². The summed E-state index contributed by atoms with van der Waals surface area (Å²) in [6, 6.07) is 15.8. The lowest BCUT2D eigenvalue weighted by Crippen LogP contribution is -2.43. The number of halogens is 1. The normalized spacial score (nSPS) is 11.6. The minimum atomic E-state index is -0.767. The van der Waals surface area contributed by atoms with Crippen LogP contribution in [0.5, 0.6) is 0 Å². The molecule has 1 N–H and O–H groups in total. The molecule has 2 aromatic carbocycles. The predicted molar refractivity (Wildman–Crippen MR) is 89.2 cm³/mol. The van der Waals surface area contributed by atoms with Gasteiger partial charge in [-0.3, -0.25) is 4.79 Å². The maximum atomic E-state index is 12.2. The number of carbonyl (C=O) groups excluding carboxylic acids is 2. The fourth-order valence-corrected chi connectivity index (χ4v) is 2.46. The molecule has 0 heterocycles. The molecule has 0 fully saturated rings. The van der Waals surface area contributed by atoms with Gasteiger partial charge in [0.05, 0.1) is 13.5 Å². The largest absolute Gasteiger partial charge is 0.467 e. The maximum absolute atomic E-state index is 12.2. The summed E-state index contributed by atoms with van der Waals surface area (Å²) in [5, 5.41) is 3.27. The SMILES string of the molecule is COC(=O)[C@@H](Cc1ccccc1Cl)NC(=O)Cc1ccccc1. The summed E-state index contributed by atoms with van der Waals surface area (Å²) in [4.78, 5) is 24.1. The van der Waals surface area contributed by atoms with Gasteiger partial charge in [-0.25, -0.2) is 4.79 Å². The fraction of sp³-hybridized carbons (Fsp3) is 0.222. The Hall–Kier alpha value is -2.33. The molecule has 1 amide bonds. The molecule has 2 aromatic rings. The molecular formula is C18H18ClNO3. The number of ether oxygens (including phenoxy) is 1. The van der Waals surface area contributed by atoms with E-state index in [0.29, 0.717) is 5.02 Å². The van der Waals surface area contributed by atoms with Crippen LogP contribution in [0.25, 0.3) is 0 Å². The molecule has 0 aliphatic heterocycles. The van der Waals surface area contributed by atoms with Crippen LogP contribution < -0.4 is 5.32 Å². The van der Waals surface area contributed by atoms with Gasteiger partial charge in [-0.15, -0.1) is 0 Å². The van der Waals surface area contributed by atoms with Crippen molar-refractivity contribution in [3.05, 3.63) is 70.7 Å². The Morgan fingerprint density at radius 1 is 1.09 bits per heavy atom. The number of hydrogen-bond donors (Lipinski definition) is 1. The Balaban J connectivity index is 2.05. The van der Waals surface area contributed by atoms with Crippen LogP contribution in [0.2, 0.25) is 5.02 Å². The first-order chi connectivity index (χ1) is 11.1. The van der Waals surface area contributed by atoms with Crippen molar-refractivity contribution >= 4 is 23.5 Å². The molecule has 2 rings (SSSR count). The van der Waals surface area contributed by atoms with E-state index in [-0.39, 0.29) is 18.7 Å². The quantitative estimate of drug-likeness (QED) is 0.828. The Bertz CT molecular complexity index is 673. The van der Waals surface area contributed by atoms with Gasteiger partial charge in [0.2, 0.25) is 5.91 Å². The molecule has 5 heteroatoms. The van der Waals surface area contributed by atoms with Crippen molar-refractivity contribution in [1.29, 1.82) is 0 Å². The zero-order valence-electron chi connectivity index (χ0n) is 12.8. The van der Waals surface area contributed by atoms with Crippen LogP contribution in [-0.2, 0) is 27.2 Å². The van der Waals surface area contributed by atoms with E-state index >= 15 is 0 Å². The van der Waals surface area contributed by atoms with Gasteiger partial charge >= 0.3 is 5.97 Å². The minimum Gasteiger partial charge on any atom is -0.467 e. The Labute approximate surface area is 140 Å². The summed E-state index contributed by atoms with van der Waals surface area (Å²) in [6.07, 6.45) is 0.490. The third kappa shape index (κ3) is 5.11. The highest BCUT2D eigenvalue weighted by Crippen LogP contribution is 2.17. The van der Waals surface area contributed by atoms with Crippen molar-refractivity contribution in [2.24, 2.45) is 0 Å². The average molecular weight is 332 g/mol. The molecule has 0 aliphatic rings. The van der Waals surface area contributed by atoms with Crippen molar-refractivity contribution in [2.45, 2.75) is 18.9 Å². The summed E-state index contributed by atoms with van der Waals surface area (Å²) in [5.41, 5.74) is 1.66. The lowest BCUT2D eigenvalue weighted by molar-refractivity contribution is -0.145. The van der Waals surface area contributed by atoms with Crippen molar-refractivity contribution < 1.29 is 14.3 Å². The van der Waals surface area contributed by atoms with Crippen LogP contribution >= 0.6 is 11.6 Å². The second kappa shape index (κ2) is 8.34. The molecule has 0 bridgehead atoms. The number of hydrogen-bond acceptors (Lipinski definition) is 3. The van der Waals surface area contributed by atoms with Crippen LogP contribution in [0.3, 0.4) is 0 Å². The zero-order valence-corrected chi connectivity index (χ0v) is 13.5. The second-order valence-corrected chi connectivity index (χ2v) is 5.51. The molecule has 0 unspecified atom stereocenters. The second-order valence-electron chi connectivity index (χ2n) is 5.10. The van der Waals surface area contributed by atoms with Gasteiger partial charge in [0, 0.05) is 11.4 Å². The standard InChI is InChI=1S/C18H18ClNO3/c1-23-18(22)16(12-14-9-5-6-10-15(14)19)20-17(21)11-13-7-3-2-4-8-13/h2-10,16H,11-12H2,1H3,(H,20,21)/t16-/m1/s1. The molecule has 4 nitrogen and oxygen atoms in total. The van der Waals surface area contributed by atoms with E-state index in [1.54, 1.807) is 6.07 Å². The minimum absolute atomic E-state index is 0.205. The van der Waals surface area contributed by atoms with Crippen LogP contribution in [0.1, 0.15) is 11.1 Å². The first kappa shape index (κ1) is 17.0. The summed E-state index contributed by atoms with van der Waals surface area (Å²) >= 11 is 6.12. The highest BCUT2D eigenvalue weighted by molar-refractivity contribution is 6.31.